The summed E-state index contributed by atoms with van der Waals surface area (Å²) in [6, 6.07) is 25.0. The van der Waals surface area contributed by atoms with Gasteiger partial charge < -0.3 is 18.9 Å². The van der Waals surface area contributed by atoms with E-state index in [1.54, 1.807) is 91.0 Å². The van der Waals surface area contributed by atoms with E-state index in [0.717, 1.165) is 0 Å². The van der Waals surface area contributed by atoms with Gasteiger partial charge in [0.05, 0.1) is 16.7 Å². The van der Waals surface area contributed by atoms with Crippen molar-refractivity contribution in [2.75, 3.05) is 6.61 Å². The van der Waals surface area contributed by atoms with E-state index in [0.29, 0.717) is 5.56 Å². The summed E-state index contributed by atoms with van der Waals surface area (Å²) in [5.74, 6) is -1.86. The zero-order valence-electron chi connectivity index (χ0n) is 19.9. The summed E-state index contributed by atoms with van der Waals surface area (Å²) in [7, 11) is 0. The Hall–Kier alpha value is -4.90. The van der Waals surface area contributed by atoms with Gasteiger partial charge in [0, 0.05) is 0 Å². The average molecular weight is 514 g/mol. The van der Waals surface area contributed by atoms with Crippen LogP contribution in [0.4, 0.5) is 0 Å². The molecule has 0 bridgehead atoms. The third kappa shape index (κ3) is 5.57. The molecule has 11 nitrogen and oxygen atoms in total. The van der Waals surface area contributed by atoms with Gasteiger partial charge in [0.2, 0.25) is 5.82 Å². The van der Waals surface area contributed by atoms with E-state index in [9.17, 15) is 14.4 Å². The van der Waals surface area contributed by atoms with Gasteiger partial charge in [-0.1, -0.05) is 59.8 Å². The Balaban J connectivity index is 1.43. The minimum Gasteiger partial charge on any atom is -0.459 e. The molecule has 4 aromatic rings. The van der Waals surface area contributed by atoms with Crippen LogP contribution in [0.15, 0.2) is 91.0 Å². The molecule has 0 aliphatic carbocycles. The summed E-state index contributed by atoms with van der Waals surface area (Å²) < 4.78 is 23.2. The molecule has 1 aliphatic rings. The number of rotatable bonds is 8. The molecule has 0 spiro atoms. The van der Waals surface area contributed by atoms with Gasteiger partial charge in [-0.3, -0.25) is 0 Å². The van der Waals surface area contributed by atoms with Crippen LogP contribution in [-0.2, 0) is 18.9 Å². The van der Waals surface area contributed by atoms with Crippen LogP contribution in [0.1, 0.15) is 43.0 Å². The molecule has 1 saturated heterocycles. The summed E-state index contributed by atoms with van der Waals surface area (Å²) in [6.07, 6.45) is -4.40. The van der Waals surface area contributed by atoms with Gasteiger partial charge in [0.15, 0.2) is 18.3 Å². The highest BCUT2D eigenvalue weighted by Gasteiger charge is 2.52. The molecule has 38 heavy (non-hydrogen) atoms. The average Bonchev–Trinajstić information content (AvgIpc) is 3.62. The molecule has 1 aliphatic heterocycles. The van der Waals surface area contributed by atoms with Crippen molar-refractivity contribution in [3.8, 4) is 0 Å². The number of tetrazole rings is 1. The number of aromatic amines is 1. The van der Waals surface area contributed by atoms with Gasteiger partial charge in [-0.2, -0.15) is 5.21 Å². The minimum atomic E-state index is -1.17. The molecule has 3 aromatic carbocycles. The molecule has 11 heteroatoms. The molecule has 4 atom stereocenters. The molecule has 1 N–H and O–H groups in total. The Kier molecular flexibility index (Phi) is 7.46. The quantitative estimate of drug-likeness (QED) is 0.275. The van der Waals surface area contributed by atoms with Crippen LogP contribution in [-0.4, -0.2) is 63.5 Å². The number of H-pyrrole nitrogens is 1. The molecular weight excluding hydrogens is 492 g/mol. The van der Waals surface area contributed by atoms with E-state index in [4.69, 9.17) is 18.9 Å². The number of nitrogens with zero attached hydrogens (tertiary/aromatic N) is 3. The predicted molar refractivity (Wildman–Crippen MR) is 130 cm³/mol. The van der Waals surface area contributed by atoms with Crippen molar-refractivity contribution < 1.29 is 33.3 Å². The second-order valence-corrected chi connectivity index (χ2v) is 8.30. The number of ether oxygens (including phenoxy) is 4. The monoisotopic (exact) mass is 514 g/mol. The highest BCUT2D eigenvalue weighted by Crippen LogP contribution is 2.37. The number of carbonyl (C=O) groups is 3. The standard InChI is InChI=1S/C27H22N4O7/c32-25(17-10-4-1-5-11-17)35-16-20-21(37-26(33)18-12-6-2-7-13-18)22(23(36-20)24-28-30-31-29-24)38-27(34)19-14-8-3-9-15-19/h1-15,20-23H,16H2,(H,28,29,30,31)/t20-,21-,22-,23-/m1/s1. The predicted octanol–water partition coefficient (Wildman–Crippen LogP) is 2.95. The number of hydrogen-bond acceptors (Lipinski definition) is 10. The lowest BCUT2D eigenvalue weighted by atomic mass is 10.1. The molecule has 0 radical (unpaired) electrons. The number of benzene rings is 3. The Labute approximate surface area is 216 Å². The molecule has 0 saturated carbocycles. The molecule has 2 heterocycles. The Morgan fingerprint density at radius 1 is 0.711 bits per heavy atom. The Morgan fingerprint density at radius 2 is 1.21 bits per heavy atom. The number of carbonyl (C=O) groups excluding carboxylic acids is 3. The first-order chi connectivity index (χ1) is 18.6. The van der Waals surface area contributed by atoms with Crippen LogP contribution in [0.2, 0.25) is 0 Å². The summed E-state index contributed by atoms with van der Waals surface area (Å²) in [4.78, 5) is 38.6. The van der Waals surface area contributed by atoms with E-state index in [1.165, 1.54) is 0 Å². The first-order valence-corrected chi connectivity index (χ1v) is 11.7. The van der Waals surface area contributed by atoms with E-state index in [-0.39, 0.29) is 23.6 Å². The van der Waals surface area contributed by atoms with Crippen molar-refractivity contribution in [1.29, 1.82) is 0 Å². The van der Waals surface area contributed by atoms with Crippen molar-refractivity contribution in [2.45, 2.75) is 24.4 Å². The van der Waals surface area contributed by atoms with Crippen LogP contribution in [0, 0.1) is 0 Å². The van der Waals surface area contributed by atoms with Crippen LogP contribution >= 0.6 is 0 Å². The summed E-state index contributed by atoms with van der Waals surface area (Å²) in [5, 5.41) is 13.8. The van der Waals surface area contributed by atoms with Crippen molar-refractivity contribution in [3.05, 3.63) is 114 Å². The molecular formula is C27H22N4O7. The maximum absolute atomic E-state index is 13.0. The van der Waals surface area contributed by atoms with Crippen LogP contribution in [0.25, 0.3) is 0 Å². The highest BCUT2D eigenvalue weighted by molar-refractivity contribution is 5.91. The molecule has 1 aromatic heterocycles. The zero-order valence-corrected chi connectivity index (χ0v) is 19.9. The van der Waals surface area contributed by atoms with Gasteiger partial charge in [-0.05, 0) is 36.4 Å². The highest BCUT2D eigenvalue weighted by atomic mass is 16.6. The number of esters is 3. The lowest BCUT2D eigenvalue weighted by molar-refractivity contribution is -0.0454. The minimum absolute atomic E-state index is 0.0773. The Morgan fingerprint density at radius 3 is 1.71 bits per heavy atom. The smallest absolute Gasteiger partial charge is 0.338 e. The van der Waals surface area contributed by atoms with Crippen molar-refractivity contribution >= 4 is 17.9 Å². The van der Waals surface area contributed by atoms with E-state index in [2.05, 4.69) is 20.6 Å². The second kappa shape index (κ2) is 11.4. The summed E-state index contributed by atoms with van der Waals surface area (Å²) >= 11 is 0. The molecule has 1 fully saturated rings. The normalized spacial score (nSPS) is 20.4. The molecule has 192 valence electrons. The zero-order chi connectivity index (χ0) is 26.3. The van der Waals surface area contributed by atoms with E-state index in [1.807, 2.05) is 0 Å². The first kappa shape index (κ1) is 24.8. The van der Waals surface area contributed by atoms with Crippen molar-refractivity contribution in [3.63, 3.8) is 0 Å². The lowest BCUT2D eigenvalue weighted by Crippen LogP contribution is -2.41. The lowest BCUT2D eigenvalue weighted by Gasteiger charge is -2.24. The van der Waals surface area contributed by atoms with Crippen molar-refractivity contribution in [1.82, 2.24) is 20.6 Å². The van der Waals surface area contributed by atoms with Gasteiger partial charge in [0.1, 0.15) is 12.7 Å². The molecule has 0 unspecified atom stereocenters. The number of nitrogens with one attached hydrogen (secondary N) is 1. The van der Waals surface area contributed by atoms with Crippen LogP contribution in [0.5, 0.6) is 0 Å². The fourth-order valence-corrected chi connectivity index (χ4v) is 3.98. The van der Waals surface area contributed by atoms with E-state index < -0.39 is 42.3 Å². The Bertz CT molecular complexity index is 1370. The van der Waals surface area contributed by atoms with Crippen LogP contribution < -0.4 is 0 Å². The molecule has 5 rings (SSSR count). The van der Waals surface area contributed by atoms with Gasteiger partial charge in [0.25, 0.3) is 0 Å². The first-order valence-electron chi connectivity index (χ1n) is 11.7. The topological polar surface area (TPSA) is 143 Å². The second-order valence-electron chi connectivity index (χ2n) is 8.30. The molecule has 0 amide bonds. The third-order valence-electron chi connectivity index (χ3n) is 5.82. The van der Waals surface area contributed by atoms with Crippen molar-refractivity contribution in [2.24, 2.45) is 0 Å². The van der Waals surface area contributed by atoms with Gasteiger partial charge >= 0.3 is 17.9 Å². The fraction of sp³-hybridized carbons (Fsp3) is 0.185. The van der Waals surface area contributed by atoms with Gasteiger partial charge in [-0.15, -0.1) is 10.2 Å². The fourth-order valence-electron chi connectivity index (χ4n) is 3.98. The maximum atomic E-state index is 13.0. The summed E-state index contributed by atoms with van der Waals surface area (Å²) in [5.41, 5.74) is 0.903. The third-order valence-corrected chi connectivity index (χ3v) is 5.82. The largest absolute Gasteiger partial charge is 0.459 e. The van der Waals surface area contributed by atoms with Gasteiger partial charge in [-0.25, -0.2) is 14.4 Å². The maximum Gasteiger partial charge on any atom is 0.338 e. The SMILES string of the molecule is O=C(OC[C@H]1O[C@@H](c2nn[nH]n2)[C@H](OC(=O)c2ccccc2)[C@@H]1OC(=O)c1ccccc1)c1ccccc1. The summed E-state index contributed by atoms with van der Waals surface area (Å²) in [6.45, 7) is -0.297. The number of aromatic nitrogens is 4. The van der Waals surface area contributed by atoms with E-state index >= 15 is 0 Å². The van der Waals surface area contributed by atoms with Crippen LogP contribution in [0.3, 0.4) is 0 Å². The number of hydrogen-bond donors (Lipinski definition) is 1.